The molecule has 0 heterocycles. The Morgan fingerprint density at radius 2 is 1.89 bits per heavy atom. The zero-order valence-electron chi connectivity index (χ0n) is 12.5. The van der Waals surface area contributed by atoms with E-state index < -0.39 is 0 Å². The van der Waals surface area contributed by atoms with Crippen LogP contribution in [0.15, 0.2) is 16.6 Å². The van der Waals surface area contributed by atoms with Gasteiger partial charge in [-0.05, 0) is 45.4 Å². The van der Waals surface area contributed by atoms with Crippen LogP contribution in [0.4, 0.5) is 0 Å². The summed E-state index contributed by atoms with van der Waals surface area (Å²) in [6.07, 6.45) is 0. The Kier molecular flexibility index (Phi) is 6.30. The molecular weight excluding hydrogens is 306 g/mol. The van der Waals surface area contributed by atoms with E-state index >= 15 is 0 Å². The van der Waals surface area contributed by atoms with Crippen molar-refractivity contribution in [3.8, 4) is 5.75 Å². The van der Waals surface area contributed by atoms with Crippen molar-refractivity contribution >= 4 is 15.9 Å². The number of halogens is 1. The highest BCUT2D eigenvalue weighted by Crippen LogP contribution is 2.28. The topological polar surface area (TPSA) is 30.5 Å². The van der Waals surface area contributed by atoms with E-state index in [-0.39, 0.29) is 5.54 Å². The Bertz CT molecular complexity index is 413. The van der Waals surface area contributed by atoms with E-state index in [9.17, 15) is 0 Å². The first-order valence-corrected chi connectivity index (χ1v) is 7.28. The van der Waals surface area contributed by atoms with Crippen LogP contribution in [0.3, 0.4) is 0 Å². The average Bonchev–Trinajstić information content (AvgIpc) is 2.28. The SMILES string of the molecule is COCCOc1c(C)cc(Br)cc1CNC(C)(C)C. The smallest absolute Gasteiger partial charge is 0.126 e. The summed E-state index contributed by atoms with van der Waals surface area (Å²) >= 11 is 3.54. The lowest BCUT2D eigenvalue weighted by Crippen LogP contribution is -2.35. The predicted octanol–water partition coefficient (Wildman–Crippen LogP) is 3.67. The van der Waals surface area contributed by atoms with E-state index in [0.717, 1.165) is 27.9 Å². The molecule has 1 N–H and O–H groups in total. The lowest BCUT2D eigenvalue weighted by atomic mass is 10.1. The summed E-state index contributed by atoms with van der Waals surface area (Å²) in [4.78, 5) is 0. The van der Waals surface area contributed by atoms with Crippen LogP contribution in [-0.4, -0.2) is 25.9 Å². The van der Waals surface area contributed by atoms with Gasteiger partial charge in [0.2, 0.25) is 0 Å². The van der Waals surface area contributed by atoms with Crippen molar-refractivity contribution in [2.45, 2.75) is 39.8 Å². The number of ether oxygens (including phenoxy) is 2. The van der Waals surface area contributed by atoms with Crippen LogP contribution in [0.25, 0.3) is 0 Å². The van der Waals surface area contributed by atoms with Gasteiger partial charge in [-0.2, -0.15) is 0 Å². The summed E-state index contributed by atoms with van der Waals surface area (Å²) in [5.41, 5.74) is 2.38. The summed E-state index contributed by atoms with van der Waals surface area (Å²) < 4.78 is 12.0. The Balaban J connectivity index is 2.86. The van der Waals surface area contributed by atoms with Crippen LogP contribution < -0.4 is 10.1 Å². The normalized spacial score (nSPS) is 11.7. The summed E-state index contributed by atoms with van der Waals surface area (Å²) in [5.74, 6) is 0.956. The molecule has 0 aliphatic heterocycles. The fourth-order valence-corrected chi connectivity index (χ4v) is 2.34. The molecule has 0 atom stereocenters. The van der Waals surface area contributed by atoms with Gasteiger partial charge >= 0.3 is 0 Å². The molecule has 0 spiro atoms. The maximum absolute atomic E-state index is 5.84. The zero-order chi connectivity index (χ0) is 14.5. The van der Waals surface area contributed by atoms with Gasteiger partial charge < -0.3 is 14.8 Å². The molecule has 0 bridgehead atoms. The highest BCUT2D eigenvalue weighted by Gasteiger charge is 2.13. The van der Waals surface area contributed by atoms with Gasteiger partial charge in [-0.3, -0.25) is 0 Å². The van der Waals surface area contributed by atoms with Gasteiger partial charge in [0.25, 0.3) is 0 Å². The van der Waals surface area contributed by atoms with E-state index in [1.54, 1.807) is 7.11 Å². The molecule has 0 fully saturated rings. The third-order valence-corrected chi connectivity index (χ3v) is 3.12. The van der Waals surface area contributed by atoms with Crippen LogP contribution in [0.1, 0.15) is 31.9 Å². The molecule has 0 saturated carbocycles. The molecule has 3 nitrogen and oxygen atoms in total. The summed E-state index contributed by atoms with van der Waals surface area (Å²) in [5, 5.41) is 3.49. The van der Waals surface area contributed by atoms with Crippen molar-refractivity contribution < 1.29 is 9.47 Å². The average molecular weight is 330 g/mol. The molecule has 0 aromatic heterocycles. The summed E-state index contributed by atoms with van der Waals surface area (Å²) in [6.45, 7) is 10.5. The fourth-order valence-electron chi connectivity index (χ4n) is 1.72. The molecule has 0 aliphatic carbocycles. The maximum Gasteiger partial charge on any atom is 0.126 e. The summed E-state index contributed by atoms with van der Waals surface area (Å²) in [7, 11) is 1.68. The molecule has 0 amide bonds. The largest absolute Gasteiger partial charge is 0.491 e. The second kappa shape index (κ2) is 7.27. The molecule has 4 heteroatoms. The maximum atomic E-state index is 5.84. The van der Waals surface area contributed by atoms with Gasteiger partial charge in [0, 0.05) is 29.2 Å². The lowest BCUT2D eigenvalue weighted by Gasteiger charge is -2.22. The Labute approximate surface area is 124 Å². The van der Waals surface area contributed by atoms with Crippen LogP contribution in [0.5, 0.6) is 5.75 Å². The molecular formula is C15H24BrNO2. The van der Waals surface area contributed by atoms with Gasteiger partial charge in [0.1, 0.15) is 12.4 Å². The Morgan fingerprint density at radius 3 is 2.47 bits per heavy atom. The second-order valence-electron chi connectivity index (χ2n) is 5.66. The van der Waals surface area contributed by atoms with Crippen molar-refractivity contribution in [1.29, 1.82) is 0 Å². The monoisotopic (exact) mass is 329 g/mol. The highest BCUT2D eigenvalue weighted by molar-refractivity contribution is 9.10. The lowest BCUT2D eigenvalue weighted by molar-refractivity contribution is 0.145. The zero-order valence-corrected chi connectivity index (χ0v) is 14.1. The minimum Gasteiger partial charge on any atom is -0.491 e. The summed E-state index contributed by atoms with van der Waals surface area (Å²) in [6, 6.07) is 4.18. The molecule has 0 unspecified atom stereocenters. The van der Waals surface area contributed by atoms with E-state index in [2.05, 4.69) is 61.1 Å². The Morgan fingerprint density at radius 1 is 1.21 bits per heavy atom. The quantitative estimate of drug-likeness (QED) is 0.808. The van der Waals surface area contributed by atoms with E-state index in [1.807, 2.05) is 0 Å². The van der Waals surface area contributed by atoms with Gasteiger partial charge in [-0.25, -0.2) is 0 Å². The van der Waals surface area contributed by atoms with Crippen LogP contribution in [0.2, 0.25) is 0 Å². The van der Waals surface area contributed by atoms with Crippen molar-refractivity contribution in [2.24, 2.45) is 0 Å². The Hall–Kier alpha value is -0.580. The number of aryl methyl sites for hydroxylation is 1. The first-order chi connectivity index (χ1) is 8.83. The molecule has 0 radical (unpaired) electrons. The van der Waals surface area contributed by atoms with Crippen molar-refractivity contribution in [3.63, 3.8) is 0 Å². The molecule has 1 aromatic rings. The fraction of sp³-hybridized carbons (Fsp3) is 0.600. The third-order valence-electron chi connectivity index (χ3n) is 2.66. The number of methoxy groups -OCH3 is 1. The first kappa shape index (κ1) is 16.5. The van der Waals surface area contributed by atoms with Gasteiger partial charge in [-0.15, -0.1) is 0 Å². The number of hydrogen-bond acceptors (Lipinski definition) is 3. The molecule has 0 saturated heterocycles. The molecule has 1 rings (SSSR count). The third kappa shape index (κ3) is 5.93. The van der Waals surface area contributed by atoms with Crippen molar-refractivity contribution in [2.75, 3.05) is 20.3 Å². The van der Waals surface area contributed by atoms with Gasteiger partial charge in [-0.1, -0.05) is 15.9 Å². The van der Waals surface area contributed by atoms with Crippen molar-refractivity contribution in [3.05, 3.63) is 27.7 Å². The number of benzene rings is 1. The molecule has 108 valence electrons. The standard InChI is InChI=1S/C15H24BrNO2/c1-11-8-13(16)9-12(10-17-15(2,3)4)14(11)19-7-6-18-5/h8-9,17H,6-7,10H2,1-5H3. The number of rotatable bonds is 6. The molecule has 1 aromatic carbocycles. The van der Waals surface area contributed by atoms with E-state index in [0.29, 0.717) is 13.2 Å². The minimum atomic E-state index is 0.0834. The molecule has 19 heavy (non-hydrogen) atoms. The van der Waals surface area contributed by atoms with E-state index in [4.69, 9.17) is 9.47 Å². The molecule has 0 aliphatic rings. The van der Waals surface area contributed by atoms with E-state index in [1.165, 1.54) is 0 Å². The van der Waals surface area contributed by atoms with Crippen molar-refractivity contribution in [1.82, 2.24) is 5.32 Å². The first-order valence-electron chi connectivity index (χ1n) is 6.49. The van der Waals surface area contributed by atoms with Crippen LogP contribution in [-0.2, 0) is 11.3 Å². The highest BCUT2D eigenvalue weighted by atomic mass is 79.9. The predicted molar refractivity (Wildman–Crippen MR) is 82.8 cm³/mol. The van der Waals surface area contributed by atoms with Gasteiger partial charge in [0.15, 0.2) is 0 Å². The van der Waals surface area contributed by atoms with Crippen LogP contribution in [0, 0.1) is 6.92 Å². The minimum absolute atomic E-state index is 0.0834. The van der Waals surface area contributed by atoms with Crippen LogP contribution >= 0.6 is 15.9 Å². The number of nitrogens with one attached hydrogen (secondary N) is 1. The second-order valence-corrected chi connectivity index (χ2v) is 6.57. The van der Waals surface area contributed by atoms with Gasteiger partial charge in [0.05, 0.1) is 6.61 Å². The number of hydrogen-bond donors (Lipinski definition) is 1.